The zero-order valence-electron chi connectivity index (χ0n) is 11.6. The van der Waals surface area contributed by atoms with Crippen LogP contribution < -0.4 is 10.2 Å². The number of carbonyl (C=O) groups excluding carboxylic acids is 2. The number of carbonyl (C=O) groups is 2. The van der Waals surface area contributed by atoms with E-state index in [1.807, 2.05) is 13.8 Å². The number of aromatic nitrogens is 3. The van der Waals surface area contributed by atoms with Crippen LogP contribution in [0.15, 0.2) is 29.2 Å². The van der Waals surface area contributed by atoms with E-state index in [4.69, 9.17) is 4.52 Å². The maximum Gasteiger partial charge on any atom is 0.333 e. The molecular formula is C13H13N5O3. The Bertz CT molecular complexity index is 738. The third kappa shape index (κ3) is 2.10. The van der Waals surface area contributed by atoms with Crippen LogP contribution in [0.25, 0.3) is 0 Å². The van der Waals surface area contributed by atoms with Gasteiger partial charge in [0.2, 0.25) is 0 Å². The Morgan fingerprint density at radius 3 is 2.71 bits per heavy atom. The van der Waals surface area contributed by atoms with Gasteiger partial charge in [0.15, 0.2) is 0 Å². The average Bonchev–Trinajstić information content (AvgIpc) is 3.07. The number of rotatable bonds is 3. The minimum atomic E-state index is -0.526. The Labute approximate surface area is 120 Å². The van der Waals surface area contributed by atoms with Gasteiger partial charge in [0.1, 0.15) is 11.5 Å². The minimum absolute atomic E-state index is 0.0541. The van der Waals surface area contributed by atoms with Crippen LogP contribution in [0.1, 0.15) is 17.0 Å². The van der Waals surface area contributed by atoms with Crippen LogP contribution in [0.5, 0.6) is 0 Å². The first-order valence-electron chi connectivity index (χ1n) is 6.26. The van der Waals surface area contributed by atoms with E-state index in [-0.39, 0.29) is 5.70 Å². The summed E-state index contributed by atoms with van der Waals surface area (Å²) in [5.74, 6) is 0.241. The predicted molar refractivity (Wildman–Crippen MR) is 72.5 cm³/mol. The van der Waals surface area contributed by atoms with E-state index in [1.54, 1.807) is 10.9 Å². The molecule has 0 aliphatic carbocycles. The van der Waals surface area contributed by atoms with Gasteiger partial charge in [0, 0.05) is 11.8 Å². The highest BCUT2D eigenvalue weighted by Crippen LogP contribution is 2.21. The zero-order chi connectivity index (χ0) is 15.1. The van der Waals surface area contributed by atoms with Crippen molar-refractivity contribution in [2.24, 2.45) is 0 Å². The number of anilines is 1. The molecule has 1 saturated heterocycles. The fourth-order valence-corrected chi connectivity index (χ4v) is 2.14. The lowest BCUT2D eigenvalue weighted by atomic mass is 10.2. The molecule has 1 fully saturated rings. The van der Waals surface area contributed by atoms with Gasteiger partial charge in [-0.05, 0) is 13.8 Å². The van der Waals surface area contributed by atoms with Crippen LogP contribution in [0.4, 0.5) is 10.5 Å². The van der Waals surface area contributed by atoms with Crippen LogP contribution in [0, 0.1) is 13.8 Å². The van der Waals surface area contributed by atoms with E-state index in [0.29, 0.717) is 18.0 Å². The molecule has 3 amide bonds. The molecule has 8 nitrogen and oxygen atoms in total. The maximum atomic E-state index is 11.8. The maximum absolute atomic E-state index is 11.8. The second-order valence-corrected chi connectivity index (χ2v) is 4.75. The van der Waals surface area contributed by atoms with Gasteiger partial charge in [-0.25, -0.2) is 9.69 Å². The van der Waals surface area contributed by atoms with Crippen molar-refractivity contribution >= 4 is 17.6 Å². The Morgan fingerprint density at radius 1 is 1.38 bits per heavy atom. The molecule has 1 aliphatic heterocycles. The third-order valence-corrected chi connectivity index (χ3v) is 3.30. The van der Waals surface area contributed by atoms with Gasteiger partial charge in [0.05, 0.1) is 24.1 Å². The van der Waals surface area contributed by atoms with Gasteiger partial charge >= 0.3 is 6.03 Å². The zero-order valence-corrected chi connectivity index (χ0v) is 11.6. The molecule has 1 N–H and O–H groups in total. The average molecular weight is 287 g/mol. The molecule has 0 saturated carbocycles. The van der Waals surface area contributed by atoms with Crippen molar-refractivity contribution in [2.75, 3.05) is 4.90 Å². The first-order valence-corrected chi connectivity index (χ1v) is 6.26. The standard InChI is InChI=1S/C13H13N5O3/c1-7-11(9(3)21-16-7)6-17-5-10(4-14-17)18-12(19)8(2)15-13(18)20/h4-5H,2,6H2,1,3H3,(H,15,20). The fraction of sp³-hybridized carbons (Fsp3) is 0.231. The Hall–Kier alpha value is -2.90. The number of hydrogen-bond acceptors (Lipinski definition) is 5. The highest BCUT2D eigenvalue weighted by molar-refractivity contribution is 6.26. The van der Waals surface area contributed by atoms with Crippen molar-refractivity contribution < 1.29 is 14.1 Å². The molecule has 3 rings (SSSR count). The molecule has 21 heavy (non-hydrogen) atoms. The molecule has 2 aromatic rings. The number of aryl methyl sites for hydroxylation is 2. The second kappa shape index (κ2) is 4.58. The van der Waals surface area contributed by atoms with Crippen LogP contribution in [0.3, 0.4) is 0 Å². The SMILES string of the molecule is C=C1NC(=O)N(c2cnn(Cc3c(C)noc3C)c2)C1=O. The molecule has 108 valence electrons. The number of urea groups is 1. The Kier molecular flexibility index (Phi) is 2.86. The Balaban J connectivity index is 1.86. The Morgan fingerprint density at radius 2 is 2.14 bits per heavy atom. The van der Waals surface area contributed by atoms with E-state index in [9.17, 15) is 9.59 Å². The molecule has 1 aliphatic rings. The highest BCUT2D eigenvalue weighted by Gasteiger charge is 2.34. The summed E-state index contributed by atoms with van der Waals surface area (Å²) in [5.41, 5.74) is 2.15. The van der Waals surface area contributed by atoms with Gasteiger partial charge < -0.3 is 9.84 Å². The van der Waals surface area contributed by atoms with Crippen LogP contribution in [-0.2, 0) is 11.3 Å². The summed E-state index contributed by atoms with van der Waals surface area (Å²) in [6.45, 7) is 7.60. The molecular weight excluding hydrogens is 274 g/mol. The first kappa shape index (κ1) is 13.1. The van der Waals surface area contributed by atoms with Crippen molar-refractivity contribution in [3.63, 3.8) is 0 Å². The lowest BCUT2D eigenvalue weighted by Crippen LogP contribution is -2.30. The number of imide groups is 1. The van der Waals surface area contributed by atoms with Gasteiger partial charge in [-0.15, -0.1) is 0 Å². The summed E-state index contributed by atoms with van der Waals surface area (Å²) in [6.07, 6.45) is 3.07. The molecule has 0 aromatic carbocycles. The second-order valence-electron chi connectivity index (χ2n) is 4.75. The summed E-state index contributed by atoms with van der Waals surface area (Å²) >= 11 is 0. The normalized spacial score (nSPS) is 15.0. The lowest BCUT2D eigenvalue weighted by molar-refractivity contribution is -0.113. The van der Waals surface area contributed by atoms with Gasteiger partial charge in [-0.2, -0.15) is 5.10 Å². The topological polar surface area (TPSA) is 93.3 Å². The number of nitrogens with one attached hydrogen (secondary N) is 1. The molecule has 2 aromatic heterocycles. The molecule has 3 heterocycles. The van der Waals surface area contributed by atoms with Crippen molar-refractivity contribution in [2.45, 2.75) is 20.4 Å². The van der Waals surface area contributed by atoms with E-state index in [0.717, 1.165) is 16.2 Å². The molecule has 8 heteroatoms. The quantitative estimate of drug-likeness (QED) is 0.674. The van der Waals surface area contributed by atoms with Crippen molar-refractivity contribution in [1.29, 1.82) is 0 Å². The largest absolute Gasteiger partial charge is 0.361 e. The lowest BCUT2D eigenvalue weighted by Gasteiger charge is -2.07. The van der Waals surface area contributed by atoms with Crippen molar-refractivity contribution in [3.05, 3.63) is 41.7 Å². The van der Waals surface area contributed by atoms with E-state index < -0.39 is 11.9 Å². The fourth-order valence-electron chi connectivity index (χ4n) is 2.14. The number of nitrogens with zero attached hydrogens (tertiary/aromatic N) is 4. The summed E-state index contributed by atoms with van der Waals surface area (Å²) in [7, 11) is 0. The van der Waals surface area contributed by atoms with Crippen molar-refractivity contribution in [3.8, 4) is 0 Å². The van der Waals surface area contributed by atoms with Gasteiger partial charge in [-0.1, -0.05) is 11.7 Å². The smallest absolute Gasteiger partial charge is 0.333 e. The molecule has 0 spiro atoms. The van der Waals surface area contributed by atoms with Crippen LogP contribution in [-0.4, -0.2) is 26.9 Å². The number of amides is 3. The first-order chi connectivity index (χ1) is 9.97. The summed E-state index contributed by atoms with van der Waals surface area (Å²) in [5, 5.41) is 10.4. The molecule has 0 bridgehead atoms. The molecule has 0 atom stereocenters. The van der Waals surface area contributed by atoms with Crippen molar-refractivity contribution in [1.82, 2.24) is 20.3 Å². The molecule has 0 unspecified atom stereocenters. The monoisotopic (exact) mass is 287 g/mol. The van der Waals surface area contributed by atoms with E-state index in [1.165, 1.54) is 6.20 Å². The number of hydrogen-bond donors (Lipinski definition) is 1. The summed E-state index contributed by atoms with van der Waals surface area (Å²) < 4.78 is 6.71. The molecule has 0 radical (unpaired) electrons. The van der Waals surface area contributed by atoms with E-state index >= 15 is 0 Å². The highest BCUT2D eigenvalue weighted by atomic mass is 16.5. The predicted octanol–water partition coefficient (Wildman–Crippen LogP) is 1.11. The minimum Gasteiger partial charge on any atom is -0.361 e. The summed E-state index contributed by atoms with van der Waals surface area (Å²) in [6, 6.07) is -0.526. The summed E-state index contributed by atoms with van der Waals surface area (Å²) in [4.78, 5) is 24.5. The third-order valence-electron chi connectivity index (χ3n) is 3.30. The van der Waals surface area contributed by atoms with Crippen LogP contribution >= 0.6 is 0 Å². The van der Waals surface area contributed by atoms with E-state index in [2.05, 4.69) is 22.2 Å². The van der Waals surface area contributed by atoms with Gasteiger partial charge in [0.25, 0.3) is 5.91 Å². The van der Waals surface area contributed by atoms with Crippen LogP contribution in [0.2, 0.25) is 0 Å². The van der Waals surface area contributed by atoms with Gasteiger partial charge in [-0.3, -0.25) is 9.48 Å².